The summed E-state index contributed by atoms with van der Waals surface area (Å²) in [5.74, 6) is 0.522. The first-order chi connectivity index (χ1) is 9.65. The van der Waals surface area contributed by atoms with Gasteiger partial charge in [0.05, 0.1) is 10.8 Å². The molecule has 0 spiro atoms. The van der Waals surface area contributed by atoms with E-state index < -0.39 is 0 Å². The fourth-order valence-electron chi connectivity index (χ4n) is 1.58. The van der Waals surface area contributed by atoms with Crippen LogP contribution in [0.15, 0.2) is 28.5 Å². The van der Waals surface area contributed by atoms with Crippen molar-refractivity contribution in [3.63, 3.8) is 0 Å². The van der Waals surface area contributed by atoms with Crippen LogP contribution in [0.5, 0.6) is 0 Å². The summed E-state index contributed by atoms with van der Waals surface area (Å²) in [6.45, 7) is 4.18. The Morgan fingerprint density at radius 2 is 2.05 bits per heavy atom. The average molecular weight is 328 g/mol. The summed E-state index contributed by atoms with van der Waals surface area (Å²) < 4.78 is 5.95. The van der Waals surface area contributed by atoms with E-state index in [1.54, 1.807) is 18.7 Å². The van der Waals surface area contributed by atoms with E-state index in [1.165, 1.54) is 11.3 Å². The normalized spacial score (nSPS) is 10.6. The third kappa shape index (κ3) is 3.53. The standard InChI is InChI=1S/C14H14ClNO2S2/c1-3-18-13(17)11-14(19-4-2)20-12(16-11)9-5-7-10(15)8-6-9/h5-8H,3-4H2,1-2H3. The summed E-state index contributed by atoms with van der Waals surface area (Å²) in [5.41, 5.74) is 1.36. The number of ether oxygens (including phenoxy) is 1. The SMILES string of the molecule is CCOC(=O)c1nc(-c2ccc(Cl)cc2)sc1SCC. The van der Waals surface area contributed by atoms with Gasteiger partial charge >= 0.3 is 5.97 Å². The van der Waals surface area contributed by atoms with Gasteiger partial charge in [0.25, 0.3) is 0 Å². The molecule has 0 bridgehead atoms. The molecule has 1 heterocycles. The second-order valence-electron chi connectivity index (χ2n) is 3.82. The van der Waals surface area contributed by atoms with E-state index in [4.69, 9.17) is 16.3 Å². The lowest BCUT2D eigenvalue weighted by Crippen LogP contribution is -2.06. The number of esters is 1. The summed E-state index contributed by atoms with van der Waals surface area (Å²) in [7, 11) is 0. The third-order valence-corrected chi connectivity index (χ3v) is 4.93. The van der Waals surface area contributed by atoms with Crippen LogP contribution in [0.25, 0.3) is 10.6 Å². The van der Waals surface area contributed by atoms with Crippen LogP contribution in [0, 0.1) is 0 Å². The summed E-state index contributed by atoms with van der Waals surface area (Å²) in [6, 6.07) is 7.43. The number of carbonyl (C=O) groups is 1. The van der Waals surface area contributed by atoms with Crippen LogP contribution in [-0.4, -0.2) is 23.3 Å². The van der Waals surface area contributed by atoms with Crippen molar-refractivity contribution in [3.8, 4) is 10.6 Å². The first-order valence-electron chi connectivity index (χ1n) is 6.22. The molecule has 2 aromatic rings. The van der Waals surface area contributed by atoms with E-state index in [2.05, 4.69) is 4.98 Å². The molecule has 0 saturated heterocycles. The van der Waals surface area contributed by atoms with Crippen LogP contribution in [0.1, 0.15) is 24.3 Å². The summed E-state index contributed by atoms with van der Waals surface area (Å²) in [6.07, 6.45) is 0. The summed E-state index contributed by atoms with van der Waals surface area (Å²) >= 11 is 8.99. The van der Waals surface area contributed by atoms with Crippen molar-refractivity contribution < 1.29 is 9.53 Å². The minimum Gasteiger partial charge on any atom is -0.461 e. The lowest BCUT2D eigenvalue weighted by Gasteiger charge is -1.99. The fraction of sp³-hybridized carbons (Fsp3) is 0.286. The van der Waals surface area contributed by atoms with Gasteiger partial charge in [-0.1, -0.05) is 30.7 Å². The number of carbonyl (C=O) groups excluding carboxylic acids is 1. The molecule has 3 nitrogen and oxygen atoms in total. The molecule has 0 aliphatic rings. The van der Waals surface area contributed by atoms with Crippen molar-refractivity contribution >= 4 is 40.7 Å². The molecule has 0 radical (unpaired) electrons. The van der Waals surface area contributed by atoms with Crippen LogP contribution in [0.4, 0.5) is 0 Å². The van der Waals surface area contributed by atoms with Gasteiger partial charge < -0.3 is 4.74 Å². The third-order valence-electron chi connectivity index (χ3n) is 2.43. The first kappa shape index (κ1) is 15.4. The van der Waals surface area contributed by atoms with E-state index in [1.807, 2.05) is 31.2 Å². The van der Waals surface area contributed by atoms with Crippen molar-refractivity contribution in [1.29, 1.82) is 0 Å². The van der Waals surface area contributed by atoms with Gasteiger partial charge in [-0.3, -0.25) is 0 Å². The van der Waals surface area contributed by atoms with E-state index in [0.717, 1.165) is 20.5 Å². The number of thioether (sulfide) groups is 1. The number of halogens is 1. The van der Waals surface area contributed by atoms with Crippen LogP contribution < -0.4 is 0 Å². The molecule has 2 rings (SSSR count). The largest absolute Gasteiger partial charge is 0.461 e. The predicted molar refractivity (Wildman–Crippen MR) is 84.9 cm³/mol. The van der Waals surface area contributed by atoms with E-state index in [0.29, 0.717) is 17.3 Å². The predicted octanol–water partition coefficient (Wildman–Crippen LogP) is 4.75. The number of rotatable bonds is 5. The van der Waals surface area contributed by atoms with Crippen molar-refractivity contribution in [1.82, 2.24) is 4.98 Å². The Morgan fingerprint density at radius 3 is 2.65 bits per heavy atom. The maximum absolute atomic E-state index is 11.9. The molecule has 0 saturated carbocycles. The molecule has 0 amide bonds. The fourth-order valence-corrected chi connectivity index (χ4v) is 3.85. The second kappa shape index (κ2) is 7.11. The molecular formula is C14H14ClNO2S2. The second-order valence-corrected chi connectivity index (χ2v) is 6.78. The zero-order valence-electron chi connectivity index (χ0n) is 11.2. The minimum absolute atomic E-state index is 0.350. The van der Waals surface area contributed by atoms with E-state index >= 15 is 0 Å². The smallest absolute Gasteiger partial charge is 0.359 e. The molecule has 0 fully saturated rings. The van der Waals surface area contributed by atoms with E-state index in [9.17, 15) is 4.79 Å². The minimum atomic E-state index is -0.361. The Bertz CT molecular complexity index is 596. The Balaban J connectivity index is 2.37. The highest BCUT2D eigenvalue weighted by Gasteiger charge is 2.20. The first-order valence-corrected chi connectivity index (χ1v) is 8.40. The van der Waals surface area contributed by atoms with Gasteiger partial charge in [0.1, 0.15) is 5.01 Å². The number of thiazole rings is 1. The van der Waals surface area contributed by atoms with Gasteiger partial charge in [-0.15, -0.1) is 23.1 Å². The Labute approximate surface area is 131 Å². The van der Waals surface area contributed by atoms with Crippen LogP contribution in [0.2, 0.25) is 5.02 Å². The van der Waals surface area contributed by atoms with Crippen molar-refractivity contribution in [2.45, 2.75) is 18.1 Å². The maximum atomic E-state index is 11.9. The van der Waals surface area contributed by atoms with Gasteiger partial charge in [-0.2, -0.15) is 0 Å². The molecule has 0 unspecified atom stereocenters. The quantitative estimate of drug-likeness (QED) is 0.586. The number of nitrogens with zero attached hydrogens (tertiary/aromatic N) is 1. The molecule has 20 heavy (non-hydrogen) atoms. The maximum Gasteiger partial charge on any atom is 0.359 e. The zero-order valence-corrected chi connectivity index (χ0v) is 13.6. The van der Waals surface area contributed by atoms with Gasteiger partial charge in [0.2, 0.25) is 0 Å². The highest BCUT2D eigenvalue weighted by atomic mass is 35.5. The van der Waals surface area contributed by atoms with Crippen molar-refractivity contribution in [2.24, 2.45) is 0 Å². The molecule has 1 aromatic carbocycles. The lowest BCUT2D eigenvalue weighted by atomic mass is 10.2. The highest BCUT2D eigenvalue weighted by Crippen LogP contribution is 2.35. The van der Waals surface area contributed by atoms with Gasteiger partial charge in [0.15, 0.2) is 5.69 Å². The number of hydrogen-bond acceptors (Lipinski definition) is 5. The molecule has 0 aliphatic heterocycles. The zero-order chi connectivity index (χ0) is 14.5. The van der Waals surface area contributed by atoms with Crippen molar-refractivity contribution in [3.05, 3.63) is 35.0 Å². The van der Waals surface area contributed by atoms with Crippen LogP contribution in [-0.2, 0) is 4.74 Å². The van der Waals surface area contributed by atoms with Gasteiger partial charge in [-0.05, 0) is 24.8 Å². The average Bonchev–Trinajstić information content (AvgIpc) is 2.84. The number of aromatic nitrogens is 1. The van der Waals surface area contributed by atoms with Crippen LogP contribution in [0.3, 0.4) is 0 Å². The molecule has 106 valence electrons. The molecule has 0 atom stereocenters. The Hall–Kier alpha value is -1.04. The van der Waals surface area contributed by atoms with Crippen molar-refractivity contribution in [2.75, 3.05) is 12.4 Å². The Morgan fingerprint density at radius 1 is 1.35 bits per heavy atom. The Kier molecular flexibility index (Phi) is 5.46. The van der Waals surface area contributed by atoms with Gasteiger partial charge in [0, 0.05) is 10.6 Å². The number of benzene rings is 1. The molecule has 1 aromatic heterocycles. The summed E-state index contributed by atoms with van der Waals surface area (Å²) in [4.78, 5) is 16.4. The topological polar surface area (TPSA) is 39.2 Å². The summed E-state index contributed by atoms with van der Waals surface area (Å²) in [5, 5.41) is 1.49. The number of hydrogen-bond donors (Lipinski definition) is 0. The van der Waals surface area contributed by atoms with E-state index in [-0.39, 0.29) is 5.97 Å². The lowest BCUT2D eigenvalue weighted by molar-refractivity contribution is 0.0516. The highest BCUT2D eigenvalue weighted by molar-refractivity contribution is 8.01. The molecule has 0 aliphatic carbocycles. The molecule has 6 heteroatoms. The van der Waals surface area contributed by atoms with Gasteiger partial charge in [-0.25, -0.2) is 9.78 Å². The monoisotopic (exact) mass is 327 g/mol. The molecular weight excluding hydrogens is 314 g/mol. The molecule has 0 N–H and O–H groups in total. The van der Waals surface area contributed by atoms with Crippen LogP contribution >= 0.6 is 34.7 Å².